The van der Waals surface area contributed by atoms with Gasteiger partial charge >= 0.3 is 5.97 Å². The van der Waals surface area contributed by atoms with Crippen molar-refractivity contribution in [3.63, 3.8) is 0 Å². The van der Waals surface area contributed by atoms with E-state index in [-0.39, 0.29) is 5.97 Å². The number of hydrogen-bond acceptors (Lipinski definition) is 2. The molecule has 176 valence electrons. The molecule has 0 aliphatic rings. The van der Waals surface area contributed by atoms with Crippen molar-refractivity contribution in [2.75, 3.05) is 6.61 Å². The molecule has 0 heterocycles. The van der Waals surface area contributed by atoms with Crippen LogP contribution in [0.4, 0.5) is 0 Å². The van der Waals surface area contributed by atoms with Gasteiger partial charge in [-0.1, -0.05) is 95.9 Å². The van der Waals surface area contributed by atoms with Crippen LogP contribution in [0.3, 0.4) is 0 Å². The Morgan fingerprint density at radius 3 is 1.60 bits per heavy atom. The van der Waals surface area contributed by atoms with Crippen LogP contribution in [0.5, 0.6) is 0 Å². The van der Waals surface area contributed by atoms with E-state index in [9.17, 15) is 4.79 Å². The third-order valence-corrected chi connectivity index (χ3v) is 5.57. The number of rotatable bonds is 23. The maximum atomic E-state index is 11.7. The highest BCUT2D eigenvalue weighted by Gasteiger charge is 2.02. The van der Waals surface area contributed by atoms with Gasteiger partial charge < -0.3 is 4.74 Å². The lowest BCUT2D eigenvalue weighted by Crippen LogP contribution is -2.05. The molecule has 0 N–H and O–H groups in total. The highest BCUT2D eigenvalue weighted by molar-refractivity contribution is 5.69. The van der Waals surface area contributed by atoms with Crippen molar-refractivity contribution in [3.8, 4) is 0 Å². The second kappa shape index (κ2) is 26.0. The van der Waals surface area contributed by atoms with Gasteiger partial charge in [0.1, 0.15) is 0 Å². The zero-order valence-corrected chi connectivity index (χ0v) is 20.5. The van der Waals surface area contributed by atoms with Crippen LogP contribution in [0, 0.1) is 0 Å². The smallest absolute Gasteiger partial charge is 0.305 e. The van der Waals surface area contributed by atoms with Gasteiger partial charge in [-0.05, 0) is 64.2 Å². The average molecular weight is 421 g/mol. The van der Waals surface area contributed by atoms with Crippen LogP contribution < -0.4 is 0 Å². The van der Waals surface area contributed by atoms with Crippen molar-refractivity contribution in [3.05, 3.63) is 24.3 Å². The molecule has 0 rings (SSSR count). The molecule has 0 saturated carbocycles. The fourth-order valence-electron chi connectivity index (χ4n) is 3.60. The summed E-state index contributed by atoms with van der Waals surface area (Å²) >= 11 is 0. The zero-order chi connectivity index (χ0) is 22.0. The van der Waals surface area contributed by atoms with Crippen molar-refractivity contribution < 1.29 is 9.53 Å². The second-order valence-electron chi connectivity index (χ2n) is 8.64. The lowest BCUT2D eigenvalue weighted by atomic mass is 10.1. The molecule has 0 amide bonds. The van der Waals surface area contributed by atoms with Crippen molar-refractivity contribution >= 4 is 5.97 Å². The summed E-state index contributed by atoms with van der Waals surface area (Å²) in [7, 11) is 0. The molecule has 2 nitrogen and oxygen atoms in total. The number of allylic oxidation sites excluding steroid dienone is 4. The molecular formula is C28H52O2. The quantitative estimate of drug-likeness (QED) is 0.0934. The fraction of sp³-hybridized carbons (Fsp3) is 0.821. The van der Waals surface area contributed by atoms with E-state index in [1.54, 1.807) is 0 Å². The third-order valence-electron chi connectivity index (χ3n) is 5.57. The molecule has 0 aromatic heterocycles. The van der Waals surface area contributed by atoms with Gasteiger partial charge in [0.25, 0.3) is 0 Å². The fourth-order valence-corrected chi connectivity index (χ4v) is 3.60. The maximum absolute atomic E-state index is 11.7. The monoisotopic (exact) mass is 420 g/mol. The highest BCUT2D eigenvalue weighted by Crippen LogP contribution is 2.11. The first-order valence-electron chi connectivity index (χ1n) is 13.3. The summed E-state index contributed by atoms with van der Waals surface area (Å²) in [6, 6.07) is 0. The Bertz CT molecular complexity index is 397. The summed E-state index contributed by atoms with van der Waals surface area (Å²) in [5, 5.41) is 0. The molecule has 0 aromatic rings. The Morgan fingerprint density at radius 2 is 1.03 bits per heavy atom. The lowest BCUT2D eigenvalue weighted by Gasteiger charge is -2.04. The molecule has 2 heteroatoms. The maximum Gasteiger partial charge on any atom is 0.305 e. The SMILES string of the molecule is CC/C=C\CCCCCOC(=O)CCCCCCC/C=C\CCCCCCCCC. The van der Waals surface area contributed by atoms with Gasteiger partial charge in [0.05, 0.1) is 6.61 Å². The van der Waals surface area contributed by atoms with Gasteiger partial charge in [0, 0.05) is 6.42 Å². The summed E-state index contributed by atoms with van der Waals surface area (Å²) in [6.45, 7) is 5.03. The number of esters is 1. The predicted octanol–water partition coefficient (Wildman–Crippen LogP) is 9.48. The summed E-state index contributed by atoms with van der Waals surface area (Å²) in [5.74, 6) is -0.00539. The molecular weight excluding hydrogens is 368 g/mol. The summed E-state index contributed by atoms with van der Waals surface area (Å²) < 4.78 is 5.33. The largest absolute Gasteiger partial charge is 0.466 e. The first-order chi connectivity index (χ1) is 14.8. The Labute approximate surface area is 188 Å². The van der Waals surface area contributed by atoms with Crippen molar-refractivity contribution in [2.24, 2.45) is 0 Å². The van der Waals surface area contributed by atoms with Crippen LogP contribution >= 0.6 is 0 Å². The van der Waals surface area contributed by atoms with Gasteiger partial charge in [-0.2, -0.15) is 0 Å². The van der Waals surface area contributed by atoms with Crippen LogP contribution in [0.25, 0.3) is 0 Å². The predicted molar refractivity (Wildman–Crippen MR) is 133 cm³/mol. The molecule has 0 aliphatic carbocycles. The van der Waals surface area contributed by atoms with Gasteiger partial charge in [-0.15, -0.1) is 0 Å². The van der Waals surface area contributed by atoms with E-state index in [1.807, 2.05) is 0 Å². The van der Waals surface area contributed by atoms with Gasteiger partial charge in [-0.25, -0.2) is 0 Å². The Morgan fingerprint density at radius 1 is 0.567 bits per heavy atom. The molecule has 0 radical (unpaired) electrons. The molecule has 30 heavy (non-hydrogen) atoms. The Hall–Kier alpha value is -1.05. The zero-order valence-electron chi connectivity index (χ0n) is 20.5. The van der Waals surface area contributed by atoms with Crippen LogP contribution in [-0.4, -0.2) is 12.6 Å². The topological polar surface area (TPSA) is 26.3 Å². The molecule has 0 aromatic carbocycles. The number of ether oxygens (including phenoxy) is 1. The molecule has 0 aliphatic heterocycles. The van der Waals surface area contributed by atoms with E-state index in [1.165, 1.54) is 83.5 Å². The number of unbranched alkanes of at least 4 members (excludes halogenated alkanes) is 15. The van der Waals surface area contributed by atoms with Crippen LogP contribution in [0.2, 0.25) is 0 Å². The molecule has 0 unspecified atom stereocenters. The molecule has 0 bridgehead atoms. The van der Waals surface area contributed by atoms with Gasteiger partial charge in [0.2, 0.25) is 0 Å². The van der Waals surface area contributed by atoms with E-state index in [2.05, 4.69) is 38.2 Å². The van der Waals surface area contributed by atoms with E-state index in [4.69, 9.17) is 4.74 Å². The Balaban J connectivity index is 3.22. The van der Waals surface area contributed by atoms with Crippen molar-refractivity contribution in [2.45, 2.75) is 142 Å². The first-order valence-corrected chi connectivity index (χ1v) is 13.3. The summed E-state index contributed by atoms with van der Waals surface area (Å²) in [5.41, 5.74) is 0. The molecule has 0 atom stereocenters. The average Bonchev–Trinajstić information content (AvgIpc) is 2.75. The molecule has 0 spiro atoms. The second-order valence-corrected chi connectivity index (χ2v) is 8.64. The lowest BCUT2D eigenvalue weighted by molar-refractivity contribution is -0.143. The number of hydrogen-bond donors (Lipinski definition) is 0. The summed E-state index contributed by atoms with van der Waals surface area (Å²) in [4.78, 5) is 11.7. The van der Waals surface area contributed by atoms with Gasteiger partial charge in [-0.3, -0.25) is 4.79 Å². The van der Waals surface area contributed by atoms with Crippen molar-refractivity contribution in [1.82, 2.24) is 0 Å². The van der Waals surface area contributed by atoms with Crippen LogP contribution in [-0.2, 0) is 9.53 Å². The Kier molecular flexibility index (Phi) is 25.1. The summed E-state index contributed by atoms with van der Waals surface area (Å²) in [6.07, 6.45) is 33.6. The number of carbonyl (C=O) groups is 1. The van der Waals surface area contributed by atoms with E-state index < -0.39 is 0 Å². The highest BCUT2D eigenvalue weighted by atomic mass is 16.5. The van der Waals surface area contributed by atoms with Crippen molar-refractivity contribution in [1.29, 1.82) is 0 Å². The van der Waals surface area contributed by atoms with E-state index in [0.717, 1.165) is 38.5 Å². The van der Waals surface area contributed by atoms with E-state index >= 15 is 0 Å². The molecule has 0 saturated heterocycles. The molecule has 0 fully saturated rings. The number of carbonyl (C=O) groups excluding carboxylic acids is 1. The third kappa shape index (κ3) is 25.0. The van der Waals surface area contributed by atoms with Crippen LogP contribution in [0.1, 0.15) is 142 Å². The minimum atomic E-state index is -0.00539. The first kappa shape index (κ1) is 28.9. The van der Waals surface area contributed by atoms with Gasteiger partial charge in [0.15, 0.2) is 0 Å². The minimum Gasteiger partial charge on any atom is -0.466 e. The standard InChI is InChI=1S/C28H52O2/c1-3-5-7-9-11-12-13-14-15-16-17-18-19-20-22-24-26-28(29)30-27-25-23-21-10-8-6-4-2/h6,8,15-16H,3-5,7,9-14,17-27H2,1-2H3/b8-6-,16-15-. The van der Waals surface area contributed by atoms with Crippen LogP contribution in [0.15, 0.2) is 24.3 Å². The van der Waals surface area contributed by atoms with E-state index in [0.29, 0.717) is 13.0 Å². The minimum absolute atomic E-state index is 0.00539. The normalized spacial score (nSPS) is 11.7.